The molecular weight excluding hydrogens is 296 g/mol. The van der Waals surface area contributed by atoms with Gasteiger partial charge in [0.2, 0.25) is 5.91 Å². The first-order chi connectivity index (χ1) is 10.7. The number of hydrogen-bond donors (Lipinski definition) is 0. The summed E-state index contributed by atoms with van der Waals surface area (Å²) in [5.41, 5.74) is 1.82. The Bertz CT molecular complexity index is 765. The minimum absolute atomic E-state index is 0.0972. The summed E-state index contributed by atoms with van der Waals surface area (Å²) in [5.74, 6) is 0.112. The molecule has 0 fully saturated rings. The quantitative estimate of drug-likeness (QED) is 0.727. The second kappa shape index (κ2) is 6.27. The van der Waals surface area contributed by atoms with E-state index in [4.69, 9.17) is 0 Å². The lowest BCUT2D eigenvalue weighted by atomic mass is 10.2. The monoisotopic (exact) mass is 314 g/mol. The lowest BCUT2D eigenvalue weighted by Crippen LogP contribution is -2.30. The average molecular weight is 314 g/mol. The number of nitrogens with zero attached hydrogens (tertiary/aromatic N) is 4. The van der Waals surface area contributed by atoms with Gasteiger partial charge in [0.05, 0.1) is 18.1 Å². The minimum atomic E-state index is 0.0972. The maximum absolute atomic E-state index is 12.4. The third kappa shape index (κ3) is 2.87. The van der Waals surface area contributed by atoms with Gasteiger partial charge >= 0.3 is 0 Å². The highest BCUT2D eigenvalue weighted by molar-refractivity contribution is 7.10. The Kier molecular flexibility index (Phi) is 4.20. The Labute approximate surface area is 133 Å². The number of para-hydroxylation sites is 1. The van der Waals surface area contributed by atoms with E-state index in [9.17, 15) is 4.79 Å². The highest BCUT2D eigenvalue weighted by atomic mass is 32.1. The van der Waals surface area contributed by atoms with Crippen LogP contribution in [0.1, 0.15) is 24.3 Å². The molecule has 0 N–H and O–H groups in total. The van der Waals surface area contributed by atoms with Crippen LogP contribution in [0.15, 0.2) is 41.8 Å². The predicted molar refractivity (Wildman–Crippen MR) is 87.6 cm³/mol. The molecule has 0 aliphatic rings. The fourth-order valence-electron chi connectivity index (χ4n) is 2.40. The standard InChI is InChI=1S/C16H18N4OS/c1-12(15-8-5-11-22-15)19(2)16(21)9-10-20-14-7-4-3-6-13(14)17-18-20/h3-8,11-12H,9-10H2,1-2H3/t12-/m1/s1. The maximum Gasteiger partial charge on any atom is 0.224 e. The highest BCUT2D eigenvalue weighted by Crippen LogP contribution is 2.23. The average Bonchev–Trinajstić information content (AvgIpc) is 3.21. The van der Waals surface area contributed by atoms with Crippen LogP contribution < -0.4 is 0 Å². The molecule has 2 aromatic heterocycles. The molecule has 114 valence electrons. The van der Waals surface area contributed by atoms with Crippen molar-refractivity contribution in [2.24, 2.45) is 0 Å². The number of hydrogen-bond acceptors (Lipinski definition) is 4. The number of aromatic nitrogens is 3. The highest BCUT2D eigenvalue weighted by Gasteiger charge is 2.18. The lowest BCUT2D eigenvalue weighted by Gasteiger charge is -2.24. The predicted octanol–water partition coefficient (Wildman–Crippen LogP) is 3.10. The maximum atomic E-state index is 12.4. The van der Waals surface area contributed by atoms with E-state index in [2.05, 4.69) is 23.3 Å². The molecule has 22 heavy (non-hydrogen) atoms. The summed E-state index contributed by atoms with van der Waals surface area (Å²) in [4.78, 5) is 15.4. The second-order valence-electron chi connectivity index (χ2n) is 5.25. The summed E-state index contributed by atoms with van der Waals surface area (Å²) >= 11 is 1.67. The summed E-state index contributed by atoms with van der Waals surface area (Å²) in [6, 6.07) is 11.9. The number of fused-ring (bicyclic) bond motifs is 1. The summed E-state index contributed by atoms with van der Waals surface area (Å²) < 4.78 is 1.79. The molecule has 0 unspecified atom stereocenters. The van der Waals surface area contributed by atoms with Crippen molar-refractivity contribution in [2.45, 2.75) is 25.9 Å². The van der Waals surface area contributed by atoms with Gasteiger partial charge in [-0.05, 0) is 30.5 Å². The molecule has 1 atom stereocenters. The zero-order valence-electron chi connectivity index (χ0n) is 12.6. The fourth-order valence-corrected chi connectivity index (χ4v) is 3.22. The van der Waals surface area contributed by atoms with Gasteiger partial charge in [0.15, 0.2) is 0 Å². The first-order valence-corrected chi connectivity index (χ1v) is 8.12. The van der Waals surface area contributed by atoms with Crippen LogP contribution in [0.4, 0.5) is 0 Å². The van der Waals surface area contributed by atoms with Crippen LogP contribution in [0.5, 0.6) is 0 Å². The van der Waals surface area contributed by atoms with E-state index < -0.39 is 0 Å². The smallest absolute Gasteiger partial charge is 0.224 e. The van der Waals surface area contributed by atoms with Crippen LogP contribution in [0.2, 0.25) is 0 Å². The first kappa shape index (κ1) is 14.7. The van der Waals surface area contributed by atoms with Gasteiger partial charge in [-0.2, -0.15) is 0 Å². The van der Waals surface area contributed by atoms with Crippen LogP contribution >= 0.6 is 11.3 Å². The van der Waals surface area contributed by atoms with Crippen molar-refractivity contribution in [1.29, 1.82) is 0 Å². The van der Waals surface area contributed by atoms with Crippen LogP contribution in [0.3, 0.4) is 0 Å². The number of benzene rings is 1. The molecule has 0 saturated heterocycles. The first-order valence-electron chi connectivity index (χ1n) is 7.24. The molecule has 0 bridgehead atoms. The van der Waals surface area contributed by atoms with Gasteiger partial charge in [-0.15, -0.1) is 16.4 Å². The zero-order valence-corrected chi connectivity index (χ0v) is 13.5. The number of rotatable bonds is 5. The van der Waals surface area contributed by atoms with E-state index >= 15 is 0 Å². The van der Waals surface area contributed by atoms with Crippen molar-refractivity contribution < 1.29 is 4.79 Å². The normalized spacial score (nSPS) is 12.5. The van der Waals surface area contributed by atoms with Crippen LogP contribution in [-0.2, 0) is 11.3 Å². The molecule has 1 amide bonds. The Hall–Kier alpha value is -2.21. The van der Waals surface area contributed by atoms with Gasteiger partial charge in [0, 0.05) is 18.3 Å². The van der Waals surface area contributed by atoms with Crippen molar-refractivity contribution in [3.8, 4) is 0 Å². The Morgan fingerprint density at radius 2 is 2.14 bits per heavy atom. The van der Waals surface area contributed by atoms with Gasteiger partial charge in [0.1, 0.15) is 5.52 Å². The number of thiophene rings is 1. The number of aryl methyl sites for hydroxylation is 1. The second-order valence-corrected chi connectivity index (χ2v) is 6.23. The van der Waals surface area contributed by atoms with Crippen molar-refractivity contribution in [2.75, 3.05) is 7.05 Å². The van der Waals surface area contributed by atoms with E-state index in [0.717, 1.165) is 11.0 Å². The van der Waals surface area contributed by atoms with Crippen LogP contribution in [0.25, 0.3) is 11.0 Å². The zero-order chi connectivity index (χ0) is 15.5. The minimum Gasteiger partial charge on any atom is -0.338 e. The van der Waals surface area contributed by atoms with E-state index in [0.29, 0.717) is 13.0 Å². The van der Waals surface area contributed by atoms with E-state index in [1.54, 1.807) is 20.9 Å². The molecule has 5 nitrogen and oxygen atoms in total. The van der Waals surface area contributed by atoms with E-state index in [1.807, 2.05) is 42.8 Å². The molecule has 1 aromatic carbocycles. The molecule has 0 saturated carbocycles. The summed E-state index contributed by atoms with van der Waals surface area (Å²) in [7, 11) is 1.85. The number of carbonyl (C=O) groups excluding carboxylic acids is 1. The molecule has 3 rings (SSSR count). The SMILES string of the molecule is C[C@H](c1cccs1)N(C)C(=O)CCn1nnc2ccccc21. The topological polar surface area (TPSA) is 51.0 Å². The molecule has 0 spiro atoms. The fraction of sp³-hybridized carbons (Fsp3) is 0.312. The third-order valence-corrected chi connectivity index (χ3v) is 4.93. The third-order valence-electron chi connectivity index (χ3n) is 3.89. The van der Waals surface area contributed by atoms with Gasteiger partial charge in [-0.1, -0.05) is 23.4 Å². The number of amides is 1. The van der Waals surface area contributed by atoms with Crippen molar-refractivity contribution >= 4 is 28.3 Å². The van der Waals surface area contributed by atoms with Crippen molar-refractivity contribution in [3.63, 3.8) is 0 Å². The summed E-state index contributed by atoms with van der Waals surface area (Å²) in [6.45, 7) is 2.59. The Balaban J connectivity index is 1.64. The van der Waals surface area contributed by atoms with Crippen LogP contribution in [0, 0.1) is 0 Å². The Morgan fingerprint density at radius 3 is 2.91 bits per heavy atom. The summed E-state index contributed by atoms with van der Waals surface area (Å²) in [5, 5.41) is 10.3. The molecule has 0 aliphatic heterocycles. The molecule has 0 radical (unpaired) electrons. The molecular formula is C16H18N4OS. The van der Waals surface area contributed by atoms with Crippen LogP contribution in [-0.4, -0.2) is 32.8 Å². The molecule has 2 heterocycles. The molecule has 0 aliphatic carbocycles. The summed E-state index contributed by atoms with van der Waals surface area (Å²) in [6.07, 6.45) is 0.416. The van der Waals surface area contributed by atoms with Gasteiger partial charge in [0.25, 0.3) is 0 Å². The van der Waals surface area contributed by atoms with Gasteiger partial charge in [-0.25, -0.2) is 4.68 Å². The molecule has 6 heteroatoms. The Morgan fingerprint density at radius 1 is 1.32 bits per heavy atom. The van der Waals surface area contributed by atoms with Crippen molar-refractivity contribution in [3.05, 3.63) is 46.7 Å². The van der Waals surface area contributed by atoms with E-state index in [1.165, 1.54) is 4.88 Å². The van der Waals surface area contributed by atoms with Gasteiger partial charge in [-0.3, -0.25) is 4.79 Å². The van der Waals surface area contributed by atoms with E-state index in [-0.39, 0.29) is 11.9 Å². The molecule has 3 aromatic rings. The van der Waals surface area contributed by atoms with Gasteiger partial charge < -0.3 is 4.90 Å². The largest absolute Gasteiger partial charge is 0.338 e. The van der Waals surface area contributed by atoms with Crippen molar-refractivity contribution in [1.82, 2.24) is 19.9 Å². The number of carbonyl (C=O) groups is 1. The lowest BCUT2D eigenvalue weighted by molar-refractivity contribution is -0.132.